The zero-order valence-corrected chi connectivity index (χ0v) is 26.9. The summed E-state index contributed by atoms with van der Waals surface area (Å²) in [4.78, 5) is 9.72. The summed E-state index contributed by atoms with van der Waals surface area (Å²) >= 11 is 20.6. The SMILES string of the molecule is O=S(=O)(O)C(Cl)=C(Cl)C(Cl)=C(Cl)S(=O)(=O)O.O=S(=O)(O)C1(F)C(F)(F)C(F)(F)C1(F)F.O=[N+]([O-])c1ccc(C=CS(=O)(=O)O)cc1. The first kappa shape index (κ1) is 44.1. The van der Waals surface area contributed by atoms with Crippen LogP contribution in [0.4, 0.5) is 36.4 Å². The molecule has 1 aromatic carbocycles. The number of hydrogen-bond acceptors (Lipinski definition) is 10. The fraction of sp³-hybridized carbons (Fsp3) is 0.250. The summed E-state index contributed by atoms with van der Waals surface area (Å²) in [5.74, 6) is -18.6. The van der Waals surface area contributed by atoms with Crippen LogP contribution < -0.4 is 0 Å². The van der Waals surface area contributed by atoms with Gasteiger partial charge in [0.1, 0.15) is 0 Å². The zero-order chi connectivity index (χ0) is 37.3. The van der Waals surface area contributed by atoms with Crippen molar-refractivity contribution in [2.24, 2.45) is 0 Å². The van der Waals surface area contributed by atoms with Crippen LogP contribution in [0.25, 0.3) is 6.08 Å². The third kappa shape index (κ3) is 9.40. The van der Waals surface area contributed by atoms with Crippen molar-refractivity contribution in [2.75, 3.05) is 0 Å². The number of non-ortho nitro benzene ring substituents is 1. The quantitative estimate of drug-likeness (QED) is 0.0930. The van der Waals surface area contributed by atoms with E-state index < -0.39 is 87.0 Å². The van der Waals surface area contributed by atoms with Crippen molar-refractivity contribution in [3.05, 3.63) is 64.1 Å². The van der Waals surface area contributed by atoms with Gasteiger partial charge in [0.25, 0.3) is 15.8 Å². The predicted octanol–water partition coefficient (Wildman–Crippen LogP) is 4.97. The van der Waals surface area contributed by atoms with Gasteiger partial charge in [0.2, 0.25) is 0 Å². The van der Waals surface area contributed by atoms with Crippen LogP contribution in [0.3, 0.4) is 0 Å². The highest BCUT2D eigenvalue weighted by Crippen LogP contribution is 2.70. The molecule has 46 heavy (non-hydrogen) atoms. The van der Waals surface area contributed by atoms with Crippen LogP contribution >= 0.6 is 46.4 Å². The van der Waals surface area contributed by atoms with Gasteiger partial charge in [0.15, 0.2) is 8.73 Å². The van der Waals surface area contributed by atoms with Gasteiger partial charge >= 0.3 is 53.1 Å². The standard InChI is InChI=1S/C8H7NO5S.C4H2Cl4O6S2.C4HF7O3S/c10-9(11)8-3-1-7(2-4-8)5-6-15(12,13)14;5-1(3(7)15(9,10)11)2(6)4(8)16(12,13)14;5-1(6)2(7,8)4(11,3(1,9)10)15(12,13)14/h1-6H,(H,12,13,14);(H,9,10,11)(H,12,13,14);(H,12,13,14). The van der Waals surface area contributed by atoms with Crippen LogP contribution in [-0.4, -0.2) is 79.6 Å². The van der Waals surface area contributed by atoms with Crippen LogP contribution in [0.15, 0.2) is 48.5 Å². The largest absolute Gasteiger partial charge is 0.381 e. The highest BCUT2D eigenvalue weighted by Gasteiger charge is 3.04. The van der Waals surface area contributed by atoms with Crippen molar-refractivity contribution in [3.8, 4) is 0 Å². The molecule has 4 N–H and O–H groups in total. The maximum absolute atomic E-state index is 12.6. The molecule has 1 fully saturated rings. The Kier molecular flexibility index (Phi) is 13.8. The third-order valence-electron chi connectivity index (χ3n) is 4.48. The molecule has 0 heterocycles. The molecule has 0 atom stereocenters. The Morgan fingerprint density at radius 3 is 1.22 bits per heavy atom. The smallest absolute Gasteiger partial charge is 0.283 e. The second-order valence-corrected chi connectivity index (χ2v) is 15.1. The topological polar surface area (TPSA) is 261 Å². The van der Waals surface area contributed by atoms with E-state index in [1.54, 1.807) is 0 Å². The third-order valence-corrected chi connectivity index (χ3v) is 10.3. The van der Waals surface area contributed by atoms with Crippen molar-refractivity contribution < 1.29 is 87.5 Å². The molecule has 0 aromatic heterocycles. The van der Waals surface area contributed by atoms with Gasteiger partial charge in [-0.15, -0.1) is 0 Å². The molecule has 0 amide bonds. The van der Waals surface area contributed by atoms with E-state index in [4.69, 9.17) is 64.6 Å². The van der Waals surface area contributed by atoms with Crippen molar-refractivity contribution in [2.45, 2.75) is 22.8 Å². The lowest BCUT2D eigenvalue weighted by atomic mass is 9.81. The number of alkyl halides is 7. The molecule has 30 heteroatoms. The van der Waals surface area contributed by atoms with Crippen molar-refractivity contribution >= 4 is 98.6 Å². The number of allylic oxidation sites excluding steroid dienone is 2. The monoisotopic (exact) mass is 841 g/mol. The number of halogens is 11. The lowest BCUT2D eigenvalue weighted by Gasteiger charge is -2.51. The fourth-order valence-electron chi connectivity index (χ4n) is 2.33. The molecule has 1 aliphatic rings. The summed E-state index contributed by atoms with van der Waals surface area (Å²) in [5, 5.41) is 2.79. The molecule has 1 saturated carbocycles. The van der Waals surface area contributed by atoms with E-state index in [0.29, 0.717) is 11.0 Å². The summed E-state index contributed by atoms with van der Waals surface area (Å²) in [6.45, 7) is 0. The van der Waals surface area contributed by atoms with E-state index in [-0.39, 0.29) is 5.69 Å². The Balaban J connectivity index is 0.000000660. The van der Waals surface area contributed by atoms with Crippen LogP contribution in [0.5, 0.6) is 0 Å². The van der Waals surface area contributed by atoms with Gasteiger partial charge in [-0.1, -0.05) is 46.4 Å². The average molecular weight is 843 g/mol. The molecule has 0 aliphatic heterocycles. The van der Waals surface area contributed by atoms with Gasteiger partial charge in [-0.3, -0.25) is 28.3 Å². The second kappa shape index (κ2) is 14.3. The van der Waals surface area contributed by atoms with Gasteiger partial charge in [-0.05, 0) is 23.8 Å². The van der Waals surface area contributed by atoms with Gasteiger partial charge in [0, 0.05) is 12.1 Å². The minimum absolute atomic E-state index is 0.0843. The fourth-order valence-corrected chi connectivity index (χ4v) is 5.39. The van der Waals surface area contributed by atoms with Gasteiger partial charge in [0.05, 0.1) is 20.4 Å². The van der Waals surface area contributed by atoms with Crippen molar-refractivity contribution in [1.29, 1.82) is 0 Å². The first-order chi connectivity index (χ1) is 20.0. The average Bonchev–Trinajstić information content (AvgIpc) is 2.87. The Hall–Kier alpha value is -1.85. The van der Waals surface area contributed by atoms with E-state index >= 15 is 0 Å². The molecule has 1 aliphatic carbocycles. The zero-order valence-electron chi connectivity index (χ0n) is 20.6. The molecule has 0 radical (unpaired) electrons. The minimum Gasteiger partial charge on any atom is -0.283 e. The van der Waals surface area contributed by atoms with E-state index in [1.165, 1.54) is 24.3 Å². The second-order valence-electron chi connectivity index (χ2n) is 7.59. The van der Waals surface area contributed by atoms with E-state index in [2.05, 4.69) is 0 Å². The Morgan fingerprint density at radius 2 is 1.00 bits per heavy atom. The summed E-state index contributed by atoms with van der Waals surface area (Å²) in [5.41, 5.74) is 0.359. The van der Waals surface area contributed by atoms with Crippen LogP contribution in [0.1, 0.15) is 5.56 Å². The van der Waals surface area contributed by atoms with Gasteiger partial charge in [-0.2, -0.15) is 60.0 Å². The molecular weight excluding hydrogens is 833 g/mol. The van der Waals surface area contributed by atoms with Crippen LogP contribution in [-0.2, 0) is 40.5 Å². The number of nitro benzene ring substituents is 1. The van der Waals surface area contributed by atoms with E-state index in [9.17, 15) is 74.5 Å². The Labute approximate surface area is 272 Å². The van der Waals surface area contributed by atoms with E-state index in [1.807, 2.05) is 0 Å². The first-order valence-electron chi connectivity index (χ1n) is 9.77. The van der Waals surface area contributed by atoms with Crippen LogP contribution in [0, 0.1) is 10.1 Å². The number of nitro groups is 1. The molecule has 0 bridgehead atoms. The summed E-state index contributed by atoms with van der Waals surface area (Å²) in [7, 11) is -20.6. The lowest BCUT2D eigenvalue weighted by molar-refractivity contribution is -0.448. The maximum Gasteiger partial charge on any atom is 0.381 e. The van der Waals surface area contributed by atoms with E-state index in [0.717, 1.165) is 6.08 Å². The molecule has 15 nitrogen and oxygen atoms in total. The van der Waals surface area contributed by atoms with Crippen LogP contribution in [0.2, 0.25) is 0 Å². The van der Waals surface area contributed by atoms with Gasteiger partial charge in [-0.25, -0.2) is 4.39 Å². The molecule has 264 valence electrons. The number of hydrogen-bond donors (Lipinski definition) is 4. The molecule has 0 unspecified atom stereocenters. The highest BCUT2D eigenvalue weighted by molar-refractivity contribution is 7.92. The predicted molar refractivity (Wildman–Crippen MR) is 144 cm³/mol. The molecule has 0 saturated heterocycles. The Bertz CT molecular complexity index is 1830. The number of benzene rings is 1. The number of rotatable bonds is 7. The molecule has 1 aromatic rings. The summed E-state index contributed by atoms with van der Waals surface area (Å²) < 4.78 is 198. The molecular formula is C16H10Cl4F7NO14S4. The summed E-state index contributed by atoms with van der Waals surface area (Å²) in [6, 6.07) is 5.23. The highest BCUT2D eigenvalue weighted by atomic mass is 35.5. The van der Waals surface area contributed by atoms with Gasteiger partial charge < -0.3 is 0 Å². The first-order valence-corrected chi connectivity index (χ1v) is 17.1. The minimum atomic E-state index is -6.70. The maximum atomic E-state index is 12.6. The molecule has 2 rings (SSSR count). The number of nitrogens with zero attached hydrogens (tertiary/aromatic N) is 1. The van der Waals surface area contributed by atoms with Crippen molar-refractivity contribution in [1.82, 2.24) is 0 Å². The molecule has 0 spiro atoms. The lowest BCUT2D eigenvalue weighted by Crippen LogP contribution is -2.86. The summed E-state index contributed by atoms with van der Waals surface area (Å²) in [6.07, 6.45) is 1.14. The normalized spacial score (nSPS) is 19.6. The Morgan fingerprint density at radius 1 is 0.674 bits per heavy atom. The van der Waals surface area contributed by atoms with Crippen molar-refractivity contribution in [3.63, 3.8) is 0 Å².